The van der Waals surface area contributed by atoms with Gasteiger partial charge in [0.15, 0.2) is 0 Å². The lowest BCUT2D eigenvalue weighted by atomic mass is 10.2. The van der Waals surface area contributed by atoms with Gasteiger partial charge in [-0.15, -0.1) is 0 Å². The molecule has 0 bridgehead atoms. The second-order valence-electron chi connectivity index (χ2n) is 9.91. The number of aromatic nitrogens is 2. The minimum Gasteiger partial charge on any atom is -0.369 e. The summed E-state index contributed by atoms with van der Waals surface area (Å²) in [6.07, 6.45) is 0.200. The number of fused-ring (bicyclic) bond motifs is 1. The van der Waals surface area contributed by atoms with Gasteiger partial charge in [0.2, 0.25) is 5.91 Å². The summed E-state index contributed by atoms with van der Waals surface area (Å²) < 4.78 is 41.5. The van der Waals surface area contributed by atoms with E-state index in [1.807, 2.05) is 11.0 Å². The van der Waals surface area contributed by atoms with Crippen LogP contribution in [0.4, 0.5) is 18.9 Å². The number of nitrogens with zero attached hydrogens (tertiary/aromatic N) is 3. The normalized spacial score (nSPS) is 24.6. The molecule has 2 saturated carbocycles. The largest absolute Gasteiger partial charge is 0.416 e. The molecule has 8 heteroatoms. The third-order valence-electron chi connectivity index (χ3n) is 7.33. The lowest BCUT2D eigenvalue weighted by Crippen LogP contribution is -2.37. The van der Waals surface area contributed by atoms with Gasteiger partial charge in [0, 0.05) is 43.2 Å². The third kappa shape index (κ3) is 4.14. The Morgan fingerprint density at radius 3 is 2.71 bits per heavy atom. The highest BCUT2D eigenvalue weighted by atomic mass is 19.4. The van der Waals surface area contributed by atoms with Crippen molar-refractivity contribution in [3.8, 4) is 0 Å². The molecule has 0 radical (unpaired) electrons. The highest BCUT2D eigenvalue weighted by molar-refractivity contribution is 5.78. The summed E-state index contributed by atoms with van der Waals surface area (Å²) in [6, 6.07) is 14.1. The molecule has 6 rings (SSSR count). The van der Waals surface area contributed by atoms with E-state index in [1.54, 1.807) is 6.07 Å². The maximum atomic E-state index is 13.0. The monoisotopic (exact) mass is 468 g/mol. The molecule has 1 aliphatic heterocycles. The molecule has 1 amide bonds. The second-order valence-corrected chi connectivity index (χ2v) is 9.91. The Bertz CT molecular complexity index is 1230. The molecular formula is C26H27F3N4O. The molecule has 2 aromatic carbocycles. The number of carbonyl (C=O) groups excluding carboxylic acids is 1. The molecular weight excluding hydrogens is 441 g/mol. The molecule has 0 spiro atoms. The summed E-state index contributed by atoms with van der Waals surface area (Å²) in [5.74, 6) is 1.77. The number of carbonyl (C=O) groups is 1. The van der Waals surface area contributed by atoms with Crippen LogP contribution in [-0.2, 0) is 11.0 Å². The first-order valence-electron chi connectivity index (χ1n) is 12.1. The van der Waals surface area contributed by atoms with Gasteiger partial charge in [-0.05, 0) is 61.9 Å². The number of hydrogen-bond acceptors (Lipinski definition) is 3. The van der Waals surface area contributed by atoms with Crippen molar-refractivity contribution in [3.63, 3.8) is 0 Å². The molecule has 2 heterocycles. The maximum Gasteiger partial charge on any atom is 0.416 e. The van der Waals surface area contributed by atoms with Gasteiger partial charge in [-0.3, -0.25) is 4.79 Å². The van der Waals surface area contributed by atoms with Crippen molar-refractivity contribution >= 4 is 22.6 Å². The van der Waals surface area contributed by atoms with E-state index < -0.39 is 11.7 Å². The number of para-hydroxylation sites is 2. The Hall–Kier alpha value is -3.03. The van der Waals surface area contributed by atoms with Crippen LogP contribution in [0, 0.1) is 5.92 Å². The van der Waals surface area contributed by atoms with Gasteiger partial charge in [0.05, 0.1) is 16.6 Å². The summed E-state index contributed by atoms with van der Waals surface area (Å²) in [5, 5.41) is 3.11. The van der Waals surface area contributed by atoms with Crippen molar-refractivity contribution < 1.29 is 18.0 Å². The molecule has 3 aromatic rings. The average molecular weight is 469 g/mol. The molecule has 1 N–H and O–H groups in total. The minimum atomic E-state index is -4.36. The van der Waals surface area contributed by atoms with E-state index in [0.29, 0.717) is 43.1 Å². The van der Waals surface area contributed by atoms with Gasteiger partial charge >= 0.3 is 6.18 Å². The van der Waals surface area contributed by atoms with Crippen molar-refractivity contribution in [3.05, 3.63) is 59.9 Å². The number of rotatable bonds is 6. The molecule has 3 aliphatic rings. The Labute approximate surface area is 196 Å². The number of hydrogen-bond donors (Lipinski definition) is 1. The SMILES string of the molecule is O=C(C[C@@H]1C[C@@H]1c1nc2ccccc2n1C1CC1)N[C@@H]1CCN(c2cccc(C(F)(F)F)c2)C1. The summed E-state index contributed by atoms with van der Waals surface area (Å²) in [6.45, 7) is 1.16. The minimum absolute atomic E-state index is 0.0254. The van der Waals surface area contributed by atoms with Gasteiger partial charge < -0.3 is 14.8 Å². The molecule has 1 aromatic heterocycles. The van der Waals surface area contributed by atoms with Crippen LogP contribution in [0.25, 0.3) is 11.0 Å². The molecule has 3 fully saturated rings. The Kier molecular flexibility index (Phi) is 5.08. The van der Waals surface area contributed by atoms with E-state index in [9.17, 15) is 18.0 Å². The second kappa shape index (κ2) is 8.03. The zero-order chi connectivity index (χ0) is 23.4. The molecule has 178 valence electrons. The van der Waals surface area contributed by atoms with Gasteiger partial charge in [-0.25, -0.2) is 4.98 Å². The van der Waals surface area contributed by atoms with E-state index in [1.165, 1.54) is 30.5 Å². The van der Waals surface area contributed by atoms with Crippen LogP contribution in [0.15, 0.2) is 48.5 Å². The number of imidazole rings is 1. The summed E-state index contributed by atoms with van der Waals surface area (Å²) in [7, 11) is 0. The number of halogens is 3. The molecule has 0 unspecified atom stereocenters. The Morgan fingerprint density at radius 2 is 1.91 bits per heavy atom. The van der Waals surface area contributed by atoms with Crippen LogP contribution in [0.2, 0.25) is 0 Å². The zero-order valence-corrected chi connectivity index (χ0v) is 18.8. The van der Waals surface area contributed by atoms with Crippen LogP contribution < -0.4 is 10.2 Å². The van der Waals surface area contributed by atoms with Gasteiger partial charge in [-0.1, -0.05) is 18.2 Å². The first-order valence-corrected chi connectivity index (χ1v) is 12.1. The first kappa shape index (κ1) is 21.5. The highest BCUT2D eigenvalue weighted by Crippen LogP contribution is 2.52. The zero-order valence-electron chi connectivity index (χ0n) is 18.8. The number of alkyl halides is 3. The summed E-state index contributed by atoms with van der Waals surface area (Å²) in [5.41, 5.74) is 2.12. The number of anilines is 1. The van der Waals surface area contributed by atoms with E-state index in [4.69, 9.17) is 4.98 Å². The topological polar surface area (TPSA) is 50.2 Å². The van der Waals surface area contributed by atoms with Gasteiger partial charge in [0.25, 0.3) is 0 Å². The van der Waals surface area contributed by atoms with Crippen LogP contribution >= 0.6 is 0 Å². The fraction of sp³-hybridized carbons (Fsp3) is 0.462. The van der Waals surface area contributed by atoms with Crippen LogP contribution in [0.1, 0.15) is 55.5 Å². The number of benzene rings is 2. The lowest BCUT2D eigenvalue weighted by molar-refractivity contribution is -0.137. The fourth-order valence-electron chi connectivity index (χ4n) is 5.35. The first-order chi connectivity index (χ1) is 16.4. The van der Waals surface area contributed by atoms with E-state index >= 15 is 0 Å². The predicted molar refractivity (Wildman–Crippen MR) is 124 cm³/mol. The molecule has 5 nitrogen and oxygen atoms in total. The van der Waals surface area contributed by atoms with Gasteiger partial charge in [0.1, 0.15) is 5.82 Å². The van der Waals surface area contributed by atoms with Crippen molar-refractivity contribution in [2.75, 3.05) is 18.0 Å². The lowest BCUT2D eigenvalue weighted by Gasteiger charge is -2.20. The standard InChI is InChI=1S/C26H27F3N4O/c27-26(28,29)17-4-3-5-20(14-17)32-11-10-18(15-32)30-24(34)13-16-12-21(16)25-31-22-6-1-2-7-23(22)33(25)19-8-9-19/h1-7,14,16,18-19,21H,8-13,15H2,(H,30,34)/t16-,18+,21-/m0/s1. The van der Waals surface area contributed by atoms with E-state index in [0.717, 1.165) is 30.2 Å². The fourth-order valence-corrected chi connectivity index (χ4v) is 5.35. The highest BCUT2D eigenvalue weighted by Gasteiger charge is 2.45. The molecule has 1 saturated heterocycles. The van der Waals surface area contributed by atoms with Crippen molar-refractivity contribution in [1.29, 1.82) is 0 Å². The van der Waals surface area contributed by atoms with Gasteiger partial charge in [-0.2, -0.15) is 13.2 Å². The Morgan fingerprint density at radius 1 is 1.09 bits per heavy atom. The smallest absolute Gasteiger partial charge is 0.369 e. The predicted octanol–water partition coefficient (Wildman–Crippen LogP) is 5.28. The number of amides is 1. The van der Waals surface area contributed by atoms with Crippen LogP contribution in [0.5, 0.6) is 0 Å². The maximum absolute atomic E-state index is 13.0. The van der Waals surface area contributed by atoms with E-state index in [-0.39, 0.29) is 11.9 Å². The number of nitrogens with one attached hydrogen (secondary N) is 1. The molecule has 34 heavy (non-hydrogen) atoms. The average Bonchev–Trinajstić information content (AvgIpc) is 3.71. The Balaban J connectivity index is 1.06. The van der Waals surface area contributed by atoms with Crippen molar-refractivity contribution in [2.45, 2.75) is 56.3 Å². The van der Waals surface area contributed by atoms with Crippen LogP contribution in [0.3, 0.4) is 0 Å². The molecule has 2 aliphatic carbocycles. The third-order valence-corrected chi connectivity index (χ3v) is 7.33. The van der Waals surface area contributed by atoms with E-state index in [2.05, 4.69) is 28.1 Å². The molecule has 3 atom stereocenters. The van der Waals surface area contributed by atoms with Crippen molar-refractivity contribution in [2.24, 2.45) is 5.92 Å². The van der Waals surface area contributed by atoms with Crippen molar-refractivity contribution in [1.82, 2.24) is 14.9 Å². The van der Waals surface area contributed by atoms with Crippen LogP contribution in [-0.4, -0.2) is 34.6 Å². The summed E-state index contributed by atoms with van der Waals surface area (Å²) in [4.78, 5) is 19.6. The quantitative estimate of drug-likeness (QED) is 0.536. The summed E-state index contributed by atoms with van der Waals surface area (Å²) >= 11 is 0.